The van der Waals surface area contributed by atoms with Crippen molar-refractivity contribution in [3.8, 4) is 6.07 Å². The van der Waals surface area contributed by atoms with Crippen molar-refractivity contribution in [3.05, 3.63) is 94.3 Å². The van der Waals surface area contributed by atoms with Crippen LogP contribution in [-0.2, 0) is 28.3 Å². The van der Waals surface area contributed by atoms with E-state index in [0.29, 0.717) is 29.8 Å². The van der Waals surface area contributed by atoms with Crippen LogP contribution in [0.3, 0.4) is 0 Å². The van der Waals surface area contributed by atoms with E-state index in [2.05, 4.69) is 34.5 Å². The number of halogens is 1. The topological polar surface area (TPSA) is 96.8 Å². The molecule has 1 unspecified atom stereocenters. The third kappa shape index (κ3) is 9.47. The quantitative estimate of drug-likeness (QED) is 0.191. The van der Waals surface area contributed by atoms with Crippen molar-refractivity contribution in [2.75, 3.05) is 51.7 Å². The summed E-state index contributed by atoms with van der Waals surface area (Å²) in [7, 11) is 3.42. The molecule has 0 spiro atoms. The van der Waals surface area contributed by atoms with Crippen LogP contribution in [0.2, 0.25) is 0 Å². The van der Waals surface area contributed by atoms with Crippen LogP contribution in [0.25, 0.3) is 0 Å². The molecule has 45 heavy (non-hydrogen) atoms. The van der Waals surface area contributed by atoms with Crippen LogP contribution in [0, 0.1) is 17.1 Å². The molecule has 0 radical (unpaired) electrons. The van der Waals surface area contributed by atoms with Crippen LogP contribution in [0.15, 0.2) is 65.6 Å². The molecule has 1 fully saturated rings. The highest BCUT2D eigenvalue weighted by Crippen LogP contribution is 2.30. The van der Waals surface area contributed by atoms with Crippen molar-refractivity contribution in [1.29, 1.82) is 5.26 Å². The lowest BCUT2D eigenvalue weighted by Crippen LogP contribution is -2.47. The van der Waals surface area contributed by atoms with Gasteiger partial charge in [-0.25, -0.2) is 4.39 Å². The lowest BCUT2D eigenvalue weighted by Gasteiger charge is -2.36. The summed E-state index contributed by atoms with van der Waals surface area (Å²) >= 11 is 1.66. The maximum absolute atomic E-state index is 14.4. The molecule has 0 aromatic heterocycles. The number of hydrogen-bond donors (Lipinski definition) is 1. The lowest BCUT2D eigenvalue weighted by molar-refractivity contribution is -0.121. The molecule has 1 heterocycles. The molecule has 0 bridgehead atoms. The Morgan fingerprint density at radius 2 is 1.82 bits per heavy atom. The molecule has 1 aliphatic heterocycles. The van der Waals surface area contributed by atoms with E-state index in [1.807, 2.05) is 35.0 Å². The van der Waals surface area contributed by atoms with Gasteiger partial charge in [-0.15, -0.1) is 11.8 Å². The van der Waals surface area contributed by atoms with Crippen molar-refractivity contribution in [3.63, 3.8) is 0 Å². The Hall–Kier alpha value is -4.04. The molecular formula is C35H40FN5O3S. The predicted molar refractivity (Wildman–Crippen MR) is 176 cm³/mol. The number of amides is 1. The Morgan fingerprint density at radius 3 is 2.47 bits per heavy atom. The van der Waals surface area contributed by atoms with Crippen LogP contribution in [0.5, 0.6) is 0 Å². The average molecular weight is 630 g/mol. The van der Waals surface area contributed by atoms with Crippen LogP contribution >= 0.6 is 11.8 Å². The molecule has 3 aromatic rings. The number of anilines is 1. The first kappa shape index (κ1) is 33.8. The number of carbonyl (C=O) groups excluding carboxylic acids is 3. The van der Waals surface area contributed by atoms with E-state index in [-0.39, 0.29) is 18.1 Å². The van der Waals surface area contributed by atoms with Crippen LogP contribution in [0.1, 0.15) is 45.5 Å². The fraction of sp³-hybridized carbons (Fsp3) is 0.371. The molecule has 4 rings (SSSR count). The molecular weight excluding hydrogens is 589 g/mol. The molecule has 1 atom stereocenters. The van der Waals surface area contributed by atoms with Gasteiger partial charge in [-0.05, 0) is 60.8 Å². The molecule has 0 aliphatic carbocycles. The van der Waals surface area contributed by atoms with Crippen molar-refractivity contribution >= 4 is 35.9 Å². The number of rotatable bonds is 15. The zero-order valence-electron chi connectivity index (χ0n) is 25.9. The van der Waals surface area contributed by atoms with Crippen LogP contribution in [-0.4, -0.2) is 81.1 Å². The van der Waals surface area contributed by atoms with Gasteiger partial charge in [0.2, 0.25) is 5.91 Å². The smallest absolute Gasteiger partial charge is 0.219 e. The van der Waals surface area contributed by atoms with Crippen LogP contribution < -0.4 is 10.2 Å². The minimum Gasteiger partial charge on any atom is -0.367 e. The van der Waals surface area contributed by atoms with Gasteiger partial charge in [0, 0.05) is 68.9 Å². The minimum atomic E-state index is -0.429. The summed E-state index contributed by atoms with van der Waals surface area (Å²) < 4.78 is 14.4. The molecule has 1 amide bonds. The first-order chi connectivity index (χ1) is 21.8. The highest BCUT2D eigenvalue weighted by atomic mass is 32.2. The van der Waals surface area contributed by atoms with Crippen molar-refractivity contribution in [2.45, 2.75) is 42.5 Å². The molecule has 236 valence electrons. The largest absolute Gasteiger partial charge is 0.367 e. The summed E-state index contributed by atoms with van der Waals surface area (Å²) in [6.45, 7) is 4.55. The molecule has 1 aliphatic rings. The van der Waals surface area contributed by atoms with Crippen molar-refractivity contribution < 1.29 is 18.8 Å². The van der Waals surface area contributed by atoms with Crippen LogP contribution in [0.4, 0.5) is 10.1 Å². The summed E-state index contributed by atoms with van der Waals surface area (Å²) in [6.07, 6.45) is 3.31. The minimum absolute atomic E-state index is 0.109. The fourth-order valence-electron chi connectivity index (χ4n) is 5.46. The van der Waals surface area contributed by atoms with Gasteiger partial charge in [0.1, 0.15) is 18.4 Å². The first-order valence-electron chi connectivity index (χ1n) is 15.2. The average Bonchev–Trinajstić information content (AvgIpc) is 3.07. The second-order valence-electron chi connectivity index (χ2n) is 11.2. The zero-order chi connectivity index (χ0) is 32.2. The normalized spacial score (nSPS) is 14.2. The van der Waals surface area contributed by atoms with E-state index < -0.39 is 6.04 Å². The molecule has 3 aromatic carbocycles. The lowest BCUT2D eigenvalue weighted by atomic mass is 10.1. The number of nitriles is 1. The number of thioether (sulfide) groups is 1. The van der Waals surface area contributed by atoms with E-state index in [0.717, 1.165) is 67.9 Å². The number of aldehydes is 2. The standard InChI is InChI=1S/C35H40FN5O3S/c1-38-35(44)13-11-30(24-43)39(2)22-31-29(23-42)4-3-5-34(31)45-25-27-8-6-26(7-9-27)14-15-40-16-18-41(19-17-40)33-12-10-28(21-37)20-32(33)36/h3-10,12,20,23-24,30H,11,13-19,22,25H2,1-2H3,(H,38,44). The van der Waals surface area contributed by atoms with Gasteiger partial charge in [-0.1, -0.05) is 36.4 Å². The summed E-state index contributed by atoms with van der Waals surface area (Å²) in [5, 5.41) is 11.6. The Kier molecular flexibility index (Phi) is 12.7. The number of likely N-dealkylation sites (N-methyl/N-ethyl adjacent to an activating group) is 1. The van der Waals surface area contributed by atoms with E-state index in [9.17, 15) is 18.8 Å². The number of benzene rings is 3. The second-order valence-corrected chi connectivity index (χ2v) is 12.3. The Bertz CT molecular complexity index is 1500. The van der Waals surface area contributed by atoms with Gasteiger partial charge in [0.05, 0.1) is 23.4 Å². The van der Waals surface area contributed by atoms with Gasteiger partial charge >= 0.3 is 0 Å². The Labute approximate surface area is 269 Å². The number of nitrogens with zero attached hydrogens (tertiary/aromatic N) is 4. The monoisotopic (exact) mass is 629 g/mol. The van der Waals surface area contributed by atoms with Gasteiger partial charge in [0.15, 0.2) is 0 Å². The number of nitrogens with one attached hydrogen (secondary N) is 1. The predicted octanol–water partition coefficient (Wildman–Crippen LogP) is 4.69. The Balaban J connectivity index is 1.28. The van der Waals surface area contributed by atoms with E-state index >= 15 is 0 Å². The summed E-state index contributed by atoms with van der Waals surface area (Å²) in [4.78, 5) is 42.7. The SMILES string of the molecule is CNC(=O)CCC(C=O)N(C)Cc1c(C=O)cccc1SCc1ccc(CCN2CCN(c3ccc(C#N)cc3F)CC2)cc1. The third-order valence-corrected chi connectivity index (χ3v) is 9.47. The van der Waals surface area contributed by atoms with Gasteiger partial charge in [-0.2, -0.15) is 5.26 Å². The molecule has 1 N–H and O–H groups in total. The summed E-state index contributed by atoms with van der Waals surface area (Å²) in [6, 6.07) is 20.5. The van der Waals surface area contributed by atoms with Gasteiger partial charge < -0.3 is 15.0 Å². The molecule has 1 saturated heterocycles. The van der Waals surface area contributed by atoms with E-state index in [4.69, 9.17) is 5.26 Å². The third-order valence-electron chi connectivity index (χ3n) is 8.30. The maximum atomic E-state index is 14.4. The first-order valence-corrected chi connectivity index (χ1v) is 16.1. The molecule has 10 heteroatoms. The molecule has 0 saturated carbocycles. The fourth-order valence-corrected chi connectivity index (χ4v) is 6.50. The molecule has 8 nitrogen and oxygen atoms in total. The number of piperazine rings is 1. The Morgan fingerprint density at radius 1 is 1.09 bits per heavy atom. The summed E-state index contributed by atoms with van der Waals surface area (Å²) in [5.41, 5.74) is 4.80. The maximum Gasteiger partial charge on any atom is 0.219 e. The van der Waals surface area contributed by atoms with E-state index in [1.54, 1.807) is 37.0 Å². The number of carbonyl (C=O) groups is 3. The van der Waals surface area contributed by atoms with E-state index in [1.165, 1.54) is 17.2 Å². The number of hydrogen-bond acceptors (Lipinski definition) is 8. The van der Waals surface area contributed by atoms with Crippen molar-refractivity contribution in [1.82, 2.24) is 15.1 Å². The second kappa shape index (κ2) is 16.9. The van der Waals surface area contributed by atoms with Gasteiger partial charge in [0.25, 0.3) is 0 Å². The zero-order valence-corrected chi connectivity index (χ0v) is 26.7. The summed E-state index contributed by atoms with van der Waals surface area (Å²) in [5.74, 6) is 0.283. The highest BCUT2D eigenvalue weighted by Gasteiger charge is 2.21. The van der Waals surface area contributed by atoms with Crippen molar-refractivity contribution in [2.24, 2.45) is 0 Å². The van der Waals surface area contributed by atoms with Gasteiger partial charge in [-0.3, -0.25) is 19.4 Å². The highest BCUT2D eigenvalue weighted by molar-refractivity contribution is 7.98.